The van der Waals surface area contributed by atoms with Crippen molar-refractivity contribution in [2.45, 2.75) is 57.9 Å². The van der Waals surface area contributed by atoms with Crippen molar-refractivity contribution in [3.05, 3.63) is 35.6 Å². The fourth-order valence-electron chi connectivity index (χ4n) is 3.10. The quantitative estimate of drug-likeness (QED) is 0.526. The Bertz CT molecular complexity index is 443. The Labute approximate surface area is 139 Å². The maximum Gasteiger partial charge on any atom is 0.179 e. The summed E-state index contributed by atoms with van der Waals surface area (Å²) < 4.78 is 13.0. The van der Waals surface area contributed by atoms with E-state index in [2.05, 4.69) is 11.8 Å². The molecule has 0 spiro atoms. The molecule has 0 bridgehead atoms. The minimum absolute atomic E-state index is 0. The molecule has 0 saturated carbocycles. The second-order valence-corrected chi connectivity index (χ2v) is 5.98. The molecule has 1 atom stereocenters. The van der Waals surface area contributed by atoms with E-state index in [1.165, 1.54) is 37.8 Å². The molecule has 1 aromatic carbocycles. The summed E-state index contributed by atoms with van der Waals surface area (Å²) >= 11 is 0. The van der Waals surface area contributed by atoms with Gasteiger partial charge in [-0.05, 0) is 56.6 Å². The van der Waals surface area contributed by atoms with Crippen molar-refractivity contribution >= 4 is 18.2 Å². The van der Waals surface area contributed by atoms with Crippen molar-refractivity contribution in [1.82, 2.24) is 4.90 Å². The molecular weight excluding hydrogens is 301 g/mol. The van der Waals surface area contributed by atoms with Gasteiger partial charge in [0.1, 0.15) is 5.82 Å². The molecule has 1 heterocycles. The lowest BCUT2D eigenvalue weighted by Gasteiger charge is -2.33. The topological polar surface area (TPSA) is 20.3 Å². The number of hydrogen-bond acceptors (Lipinski definition) is 2. The standard InChI is InChI=1S/C18H26FNO.ClH/c1-2-3-5-8-17(20-13-6-4-7-14-20)18(21)15-9-11-16(19)12-10-15;/h9-12,17H,2-8,13-14H2,1H3;1H. The Morgan fingerprint density at radius 1 is 1.14 bits per heavy atom. The highest BCUT2D eigenvalue weighted by molar-refractivity contribution is 6.00. The third-order valence-electron chi connectivity index (χ3n) is 4.34. The Morgan fingerprint density at radius 2 is 1.77 bits per heavy atom. The maximum absolute atomic E-state index is 13.0. The number of rotatable bonds is 7. The molecule has 1 aromatic rings. The zero-order valence-electron chi connectivity index (χ0n) is 13.4. The van der Waals surface area contributed by atoms with Gasteiger partial charge in [0.05, 0.1) is 6.04 Å². The molecule has 0 aliphatic carbocycles. The van der Waals surface area contributed by atoms with Crippen LogP contribution in [0.3, 0.4) is 0 Å². The monoisotopic (exact) mass is 327 g/mol. The van der Waals surface area contributed by atoms with Crippen LogP contribution in [0.1, 0.15) is 62.2 Å². The van der Waals surface area contributed by atoms with Crippen LogP contribution in [0.4, 0.5) is 4.39 Å². The summed E-state index contributed by atoms with van der Waals surface area (Å²) in [6, 6.07) is 5.98. The van der Waals surface area contributed by atoms with Gasteiger partial charge in [0.15, 0.2) is 5.78 Å². The first-order valence-corrected chi connectivity index (χ1v) is 8.26. The van der Waals surface area contributed by atoms with Gasteiger partial charge < -0.3 is 0 Å². The second-order valence-electron chi connectivity index (χ2n) is 5.98. The predicted molar refractivity (Wildman–Crippen MR) is 91.3 cm³/mol. The van der Waals surface area contributed by atoms with Crippen molar-refractivity contribution < 1.29 is 9.18 Å². The minimum atomic E-state index is -0.285. The largest absolute Gasteiger partial charge is 0.293 e. The van der Waals surface area contributed by atoms with Crippen LogP contribution >= 0.6 is 12.4 Å². The highest BCUT2D eigenvalue weighted by atomic mass is 35.5. The fourth-order valence-corrected chi connectivity index (χ4v) is 3.10. The molecule has 1 aliphatic rings. The van der Waals surface area contributed by atoms with Crippen molar-refractivity contribution in [2.75, 3.05) is 13.1 Å². The van der Waals surface area contributed by atoms with Crippen molar-refractivity contribution in [1.29, 1.82) is 0 Å². The van der Waals surface area contributed by atoms with E-state index in [4.69, 9.17) is 0 Å². The van der Waals surface area contributed by atoms with Crippen molar-refractivity contribution in [2.24, 2.45) is 0 Å². The average molecular weight is 328 g/mol. The van der Waals surface area contributed by atoms with Gasteiger partial charge in [0.25, 0.3) is 0 Å². The molecule has 22 heavy (non-hydrogen) atoms. The Balaban J connectivity index is 0.00000242. The molecule has 1 saturated heterocycles. The lowest BCUT2D eigenvalue weighted by molar-refractivity contribution is 0.0764. The van der Waals surface area contributed by atoms with Crippen molar-refractivity contribution in [3.63, 3.8) is 0 Å². The van der Waals surface area contributed by atoms with Gasteiger partial charge in [-0.3, -0.25) is 9.69 Å². The third kappa shape index (κ3) is 5.36. The van der Waals surface area contributed by atoms with E-state index < -0.39 is 0 Å². The third-order valence-corrected chi connectivity index (χ3v) is 4.34. The zero-order valence-corrected chi connectivity index (χ0v) is 14.2. The number of likely N-dealkylation sites (tertiary alicyclic amines) is 1. The number of unbranched alkanes of at least 4 members (excludes halogenated alkanes) is 2. The first-order valence-electron chi connectivity index (χ1n) is 8.26. The van der Waals surface area contributed by atoms with Crippen LogP contribution in [0.25, 0.3) is 0 Å². The lowest BCUT2D eigenvalue weighted by Crippen LogP contribution is -2.44. The molecule has 124 valence electrons. The highest BCUT2D eigenvalue weighted by Gasteiger charge is 2.27. The van der Waals surface area contributed by atoms with Gasteiger partial charge in [0.2, 0.25) is 0 Å². The Kier molecular flexibility index (Phi) is 8.66. The van der Waals surface area contributed by atoms with E-state index in [9.17, 15) is 9.18 Å². The molecule has 1 aliphatic heterocycles. The number of carbonyl (C=O) groups excluding carboxylic acids is 1. The molecule has 2 nitrogen and oxygen atoms in total. The first kappa shape index (κ1) is 19.1. The Hall–Kier alpha value is -0.930. The van der Waals surface area contributed by atoms with E-state index in [1.54, 1.807) is 12.1 Å². The summed E-state index contributed by atoms with van der Waals surface area (Å²) in [4.78, 5) is 15.1. The summed E-state index contributed by atoms with van der Waals surface area (Å²) in [5.74, 6) is -0.125. The molecule has 0 amide bonds. The van der Waals surface area contributed by atoms with Crippen LogP contribution in [-0.2, 0) is 0 Å². The van der Waals surface area contributed by atoms with E-state index in [0.29, 0.717) is 5.56 Å². The van der Waals surface area contributed by atoms with Gasteiger partial charge >= 0.3 is 0 Å². The van der Waals surface area contributed by atoms with Gasteiger partial charge in [0, 0.05) is 5.56 Å². The molecule has 4 heteroatoms. The van der Waals surface area contributed by atoms with Gasteiger partial charge in [-0.2, -0.15) is 0 Å². The average Bonchev–Trinajstić information content (AvgIpc) is 2.53. The molecule has 0 aromatic heterocycles. The van der Waals surface area contributed by atoms with Crippen LogP contribution in [0.15, 0.2) is 24.3 Å². The molecule has 1 unspecified atom stereocenters. The van der Waals surface area contributed by atoms with Crippen LogP contribution in [0.5, 0.6) is 0 Å². The minimum Gasteiger partial charge on any atom is -0.293 e. The number of hydrogen-bond donors (Lipinski definition) is 0. The number of nitrogens with zero attached hydrogens (tertiary/aromatic N) is 1. The van der Waals surface area contributed by atoms with Crippen LogP contribution in [0.2, 0.25) is 0 Å². The lowest BCUT2D eigenvalue weighted by atomic mass is 9.95. The molecular formula is C18H27ClFNO. The number of halogens is 2. The number of piperidine rings is 1. The van der Waals surface area contributed by atoms with Gasteiger partial charge in [-0.1, -0.05) is 32.6 Å². The molecule has 0 radical (unpaired) electrons. The van der Waals surface area contributed by atoms with Crippen LogP contribution in [-0.4, -0.2) is 29.8 Å². The summed E-state index contributed by atoms with van der Waals surface area (Å²) in [5, 5.41) is 0. The predicted octanol–water partition coefficient (Wildman–Crippen LogP) is 4.87. The van der Waals surface area contributed by atoms with Gasteiger partial charge in [-0.15, -0.1) is 12.4 Å². The summed E-state index contributed by atoms with van der Waals surface area (Å²) in [5.41, 5.74) is 0.642. The molecule has 2 rings (SSSR count). The Morgan fingerprint density at radius 3 is 2.36 bits per heavy atom. The van der Waals surface area contributed by atoms with E-state index in [-0.39, 0.29) is 30.0 Å². The van der Waals surface area contributed by atoms with E-state index in [0.717, 1.165) is 32.4 Å². The van der Waals surface area contributed by atoms with Gasteiger partial charge in [-0.25, -0.2) is 4.39 Å². The number of benzene rings is 1. The fraction of sp³-hybridized carbons (Fsp3) is 0.611. The number of carbonyl (C=O) groups is 1. The zero-order chi connectivity index (χ0) is 15.1. The van der Waals surface area contributed by atoms with Crippen molar-refractivity contribution in [3.8, 4) is 0 Å². The maximum atomic E-state index is 13.0. The summed E-state index contributed by atoms with van der Waals surface area (Å²) in [7, 11) is 0. The molecule has 0 N–H and O–H groups in total. The molecule has 1 fully saturated rings. The number of ketones is 1. The summed E-state index contributed by atoms with van der Waals surface area (Å²) in [6.45, 7) is 4.21. The first-order chi connectivity index (χ1) is 10.2. The number of Topliss-reactive ketones (excluding diaryl/α,β-unsaturated/α-hetero) is 1. The van der Waals surface area contributed by atoms with E-state index in [1.807, 2.05) is 0 Å². The van der Waals surface area contributed by atoms with Crippen LogP contribution in [0, 0.1) is 5.82 Å². The van der Waals surface area contributed by atoms with Crippen LogP contribution < -0.4 is 0 Å². The highest BCUT2D eigenvalue weighted by Crippen LogP contribution is 2.20. The van der Waals surface area contributed by atoms with E-state index >= 15 is 0 Å². The second kappa shape index (κ2) is 9.96. The smallest absolute Gasteiger partial charge is 0.179 e. The normalized spacial score (nSPS) is 16.8. The summed E-state index contributed by atoms with van der Waals surface area (Å²) in [6.07, 6.45) is 7.97. The SMILES string of the molecule is CCCCCC(C(=O)c1ccc(F)cc1)N1CCCCC1.Cl.